The number of methoxy groups -OCH3 is 1. The van der Waals surface area contributed by atoms with Gasteiger partial charge in [0, 0.05) is 38.2 Å². The second-order valence-electron chi connectivity index (χ2n) is 5.86. The minimum atomic E-state index is 0.690. The van der Waals surface area contributed by atoms with Crippen molar-refractivity contribution in [3.05, 3.63) is 41.7 Å². The van der Waals surface area contributed by atoms with Crippen molar-refractivity contribution in [3.63, 3.8) is 0 Å². The number of benzene rings is 1. The number of aromatic nitrogens is 2. The number of piperidine rings is 1. The summed E-state index contributed by atoms with van der Waals surface area (Å²) < 4.78 is 9.51. The molecule has 1 aromatic carbocycles. The highest BCUT2D eigenvalue weighted by molar-refractivity contribution is 7.09. The van der Waals surface area contributed by atoms with E-state index < -0.39 is 0 Å². The van der Waals surface area contributed by atoms with Crippen molar-refractivity contribution in [3.8, 4) is 0 Å². The Morgan fingerprint density at radius 1 is 1.23 bits per heavy atom. The third-order valence-electron chi connectivity index (χ3n) is 4.24. The normalized spacial score (nSPS) is 16.1. The predicted octanol–water partition coefficient (Wildman–Crippen LogP) is 3.19. The molecule has 0 N–H and O–H groups in total. The van der Waals surface area contributed by atoms with E-state index in [0.717, 1.165) is 36.4 Å². The standard InChI is InChI=1S/C17H23N3OS/c1-21-12-9-16-18-17(22-19-16)20-10-7-15(8-11-20)13-14-5-3-2-4-6-14/h2-6,15H,7-13H2,1H3. The zero-order chi connectivity index (χ0) is 15.2. The van der Waals surface area contributed by atoms with Gasteiger partial charge in [-0.2, -0.15) is 4.37 Å². The zero-order valence-electron chi connectivity index (χ0n) is 13.1. The summed E-state index contributed by atoms with van der Waals surface area (Å²) in [6, 6.07) is 10.8. The molecule has 5 heteroatoms. The van der Waals surface area contributed by atoms with Crippen LogP contribution in [0.15, 0.2) is 30.3 Å². The maximum Gasteiger partial charge on any atom is 0.205 e. The molecule has 4 nitrogen and oxygen atoms in total. The second kappa shape index (κ2) is 7.70. The highest BCUT2D eigenvalue weighted by Crippen LogP contribution is 2.26. The van der Waals surface area contributed by atoms with Gasteiger partial charge in [0.05, 0.1) is 6.61 Å². The van der Waals surface area contributed by atoms with Crippen LogP contribution in [0.4, 0.5) is 5.13 Å². The molecule has 0 radical (unpaired) electrons. The number of rotatable bonds is 6. The summed E-state index contributed by atoms with van der Waals surface area (Å²) in [6.07, 6.45) is 4.48. The number of anilines is 1. The van der Waals surface area contributed by atoms with E-state index in [2.05, 4.69) is 44.6 Å². The van der Waals surface area contributed by atoms with Crippen molar-refractivity contribution in [2.24, 2.45) is 5.92 Å². The highest BCUT2D eigenvalue weighted by Gasteiger charge is 2.21. The van der Waals surface area contributed by atoms with Crippen molar-refractivity contribution in [1.82, 2.24) is 9.36 Å². The molecule has 0 saturated carbocycles. The monoisotopic (exact) mass is 317 g/mol. The van der Waals surface area contributed by atoms with Gasteiger partial charge in [-0.25, -0.2) is 4.98 Å². The molecule has 0 spiro atoms. The van der Waals surface area contributed by atoms with Gasteiger partial charge >= 0.3 is 0 Å². The van der Waals surface area contributed by atoms with Gasteiger partial charge in [0.25, 0.3) is 0 Å². The Morgan fingerprint density at radius 2 is 2.00 bits per heavy atom. The predicted molar refractivity (Wildman–Crippen MR) is 90.6 cm³/mol. The third kappa shape index (κ3) is 4.05. The Hall–Kier alpha value is -1.46. The largest absolute Gasteiger partial charge is 0.384 e. The summed E-state index contributed by atoms with van der Waals surface area (Å²) in [5.41, 5.74) is 1.46. The SMILES string of the molecule is COCCc1nsc(N2CCC(Cc3ccccc3)CC2)n1. The molecular formula is C17H23N3OS. The van der Waals surface area contributed by atoms with E-state index in [1.165, 1.54) is 36.4 Å². The van der Waals surface area contributed by atoms with Gasteiger partial charge in [-0.1, -0.05) is 30.3 Å². The van der Waals surface area contributed by atoms with Crippen molar-refractivity contribution < 1.29 is 4.74 Å². The van der Waals surface area contributed by atoms with Crippen LogP contribution in [0.25, 0.3) is 0 Å². The van der Waals surface area contributed by atoms with E-state index >= 15 is 0 Å². The van der Waals surface area contributed by atoms with Crippen molar-refractivity contribution in [1.29, 1.82) is 0 Å². The number of hydrogen-bond donors (Lipinski definition) is 0. The summed E-state index contributed by atoms with van der Waals surface area (Å²) in [7, 11) is 1.71. The molecule has 1 aliphatic rings. The fourth-order valence-corrected chi connectivity index (χ4v) is 3.71. The number of nitrogens with zero attached hydrogens (tertiary/aromatic N) is 3. The maximum absolute atomic E-state index is 5.08. The third-order valence-corrected chi connectivity index (χ3v) is 5.05. The molecular weight excluding hydrogens is 294 g/mol. The minimum Gasteiger partial charge on any atom is -0.384 e. The van der Waals surface area contributed by atoms with E-state index in [1.807, 2.05) is 0 Å². The Morgan fingerprint density at radius 3 is 2.73 bits per heavy atom. The fraction of sp³-hybridized carbons (Fsp3) is 0.529. The first-order valence-corrected chi connectivity index (χ1v) is 8.73. The molecule has 1 saturated heterocycles. The molecule has 1 aliphatic heterocycles. The maximum atomic E-state index is 5.08. The molecule has 0 amide bonds. The van der Waals surface area contributed by atoms with Crippen LogP contribution in [0, 0.1) is 5.92 Å². The fourth-order valence-electron chi connectivity index (χ4n) is 2.94. The van der Waals surface area contributed by atoms with Crippen LogP contribution in [0.3, 0.4) is 0 Å². The number of hydrogen-bond acceptors (Lipinski definition) is 5. The Labute approximate surface area is 136 Å². The van der Waals surface area contributed by atoms with Gasteiger partial charge in [0.1, 0.15) is 5.82 Å². The molecule has 1 aromatic heterocycles. The van der Waals surface area contributed by atoms with Gasteiger partial charge in [-0.15, -0.1) is 0 Å². The summed E-state index contributed by atoms with van der Waals surface area (Å²) >= 11 is 1.52. The summed E-state index contributed by atoms with van der Waals surface area (Å²) in [5.74, 6) is 1.70. The van der Waals surface area contributed by atoms with E-state index in [1.54, 1.807) is 7.11 Å². The molecule has 1 fully saturated rings. The molecule has 0 aliphatic carbocycles. The van der Waals surface area contributed by atoms with Crippen LogP contribution in [0.5, 0.6) is 0 Å². The van der Waals surface area contributed by atoms with E-state index in [0.29, 0.717) is 6.61 Å². The molecule has 3 rings (SSSR count). The van der Waals surface area contributed by atoms with Crippen LogP contribution in [-0.2, 0) is 17.6 Å². The van der Waals surface area contributed by atoms with Crippen molar-refractivity contribution >= 4 is 16.7 Å². The lowest BCUT2D eigenvalue weighted by Crippen LogP contribution is -2.34. The van der Waals surface area contributed by atoms with Gasteiger partial charge in [0.15, 0.2) is 0 Å². The molecule has 22 heavy (non-hydrogen) atoms. The van der Waals surface area contributed by atoms with Gasteiger partial charge < -0.3 is 9.64 Å². The average molecular weight is 317 g/mol. The first-order valence-electron chi connectivity index (χ1n) is 7.95. The Bertz CT molecular complexity index is 564. The summed E-state index contributed by atoms with van der Waals surface area (Å²) in [6.45, 7) is 2.88. The van der Waals surface area contributed by atoms with Crippen LogP contribution in [0.2, 0.25) is 0 Å². The first kappa shape index (κ1) is 15.4. The molecule has 0 atom stereocenters. The Kier molecular flexibility index (Phi) is 5.40. The topological polar surface area (TPSA) is 38.2 Å². The lowest BCUT2D eigenvalue weighted by molar-refractivity contribution is 0.201. The summed E-state index contributed by atoms with van der Waals surface area (Å²) in [4.78, 5) is 7.02. The zero-order valence-corrected chi connectivity index (χ0v) is 13.9. The quantitative estimate of drug-likeness (QED) is 0.820. The highest BCUT2D eigenvalue weighted by atomic mass is 32.1. The molecule has 0 unspecified atom stereocenters. The lowest BCUT2D eigenvalue weighted by Gasteiger charge is -2.31. The van der Waals surface area contributed by atoms with Gasteiger partial charge in [-0.05, 0) is 30.7 Å². The molecule has 2 aromatic rings. The van der Waals surface area contributed by atoms with Crippen LogP contribution >= 0.6 is 11.5 Å². The molecule has 0 bridgehead atoms. The summed E-state index contributed by atoms with van der Waals surface area (Å²) in [5, 5.41) is 1.07. The second-order valence-corrected chi connectivity index (χ2v) is 6.59. The van der Waals surface area contributed by atoms with Gasteiger partial charge in [-0.3, -0.25) is 0 Å². The first-order chi connectivity index (χ1) is 10.8. The number of ether oxygens (including phenoxy) is 1. The smallest absolute Gasteiger partial charge is 0.205 e. The lowest BCUT2D eigenvalue weighted by atomic mass is 9.90. The molecule has 118 valence electrons. The average Bonchev–Trinajstić information content (AvgIpc) is 3.03. The van der Waals surface area contributed by atoms with E-state index in [9.17, 15) is 0 Å². The van der Waals surface area contributed by atoms with Gasteiger partial charge in [0.2, 0.25) is 5.13 Å². The van der Waals surface area contributed by atoms with Crippen molar-refractivity contribution in [2.45, 2.75) is 25.7 Å². The van der Waals surface area contributed by atoms with Crippen molar-refractivity contribution in [2.75, 3.05) is 31.7 Å². The van der Waals surface area contributed by atoms with E-state index in [-0.39, 0.29) is 0 Å². The minimum absolute atomic E-state index is 0.690. The van der Waals surface area contributed by atoms with Crippen LogP contribution < -0.4 is 4.90 Å². The molecule has 2 heterocycles. The van der Waals surface area contributed by atoms with Crippen LogP contribution in [0.1, 0.15) is 24.2 Å². The Balaban J connectivity index is 1.50. The van der Waals surface area contributed by atoms with E-state index in [4.69, 9.17) is 4.74 Å². The van der Waals surface area contributed by atoms with Crippen LogP contribution in [-0.4, -0.2) is 36.2 Å².